The molecule has 1 aromatic carbocycles. The first-order valence-corrected chi connectivity index (χ1v) is 10.2. The molecule has 0 bridgehead atoms. The first-order chi connectivity index (χ1) is 13.5. The minimum absolute atomic E-state index is 0.165. The van der Waals surface area contributed by atoms with Gasteiger partial charge in [0.1, 0.15) is 0 Å². The highest BCUT2D eigenvalue weighted by atomic mass is 35.5. The molecule has 3 heterocycles. The fraction of sp³-hybridized carbons (Fsp3) is 0.600. The van der Waals surface area contributed by atoms with Crippen LogP contribution in [-0.2, 0) is 23.3 Å². The maximum Gasteiger partial charge on any atom is 0.0997 e. The lowest BCUT2D eigenvalue weighted by atomic mass is 9.77. The van der Waals surface area contributed by atoms with E-state index < -0.39 is 6.04 Å². The lowest BCUT2D eigenvalue weighted by Crippen LogP contribution is -2.50. The van der Waals surface area contributed by atoms with E-state index in [1.807, 2.05) is 6.07 Å². The van der Waals surface area contributed by atoms with Crippen LogP contribution in [0.3, 0.4) is 0 Å². The van der Waals surface area contributed by atoms with Crippen LogP contribution in [0, 0.1) is 0 Å². The van der Waals surface area contributed by atoms with Crippen LogP contribution in [0.1, 0.15) is 42.6 Å². The third-order valence-electron chi connectivity index (χ3n) is 6.08. The van der Waals surface area contributed by atoms with Gasteiger partial charge >= 0.3 is 0 Å². The molecule has 0 aliphatic carbocycles. The van der Waals surface area contributed by atoms with E-state index in [-0.39, 0.29) is 18.8 Å². The first-order valence-electron chi connectivity index (χ1n) is 9.84. The summed E-state index contributed by atoms with van der Waals surface area (Å²) in [6, 6.07) is 6.05. The van der Waals surface area contributed by atoms with Gasteiger partial charge in [0.2, 0.25) is 0 Å². The van der Waals surface area contributed by atoms with Gasteiger partial charge in [0.25, 0.3) is 0 Å². The maximum atomic E-state index is 9.31. The molecule has 1 fully saturated rings. The molecule has 2 aliphatic rings. The molecule has 7 nitrogen and oxygen atoms in total. The van der Waals surface area contributed by atoms with Gasteiger partial charge in [0, 0.05) is 24.2 Å². The number of nitrogens with zero attached hydrogens (tertiary/aromatic N) is 4. The van der Waals surface area contributed by atoms with Crippen molar-refractivity contribution in [2.45, 2.75) is 50.4 Å². The SMILES string of the molecule is C[C@H]1C[C@@]2(CCN1Cc1cn(C(CO)CO)nn1)OCCc1ccc(Cl)cc12. The third kappa shape index (κ3) is 3.69. The molecule has 2 aromatic rings. The van der Waals surface area contributed by atoms with Crippen LogP contribution in [-0.4, -0.2) is 62.5 Å². The van der Waals surface area contributed by atoms with Gasteiger partial charge in [-0.2, -0.15) is 0 Å². The Bertz CT molecular complexity index is 826. The molecule has 1 saturated heterocycles. The molecular weight excluding hydrogens is 380 g/mol. The zero-order valence-electron chi connectivity index (χ0n) is 16.1. The molecule has 0 saturated carbocycles. The van der Waals surface area contributed by atoms with Crippen molar-refractivity contribution >= 4 is 11.6 Å². The van der Waals surface area contributed by atoms with Crippen LogP contribution in [0.2, 0.25) is 5.02 Å². The molecule has 0 unspecified atom stereocenters. The molecule has 28 heavy (non-hydrogen) atoms. The average Bonchev–Trinajstić information content (AvgIpc) is 3.14. The van der Waals surface area contributed by atoms with Crippen LogP contribution in [0.15, 0.2) is 24.4 Å². The minimum Gasteiger partial charge on any atom is -0.394 e. The number of hydrogen-bond donors (Lipinski definition) is 2. The summed E-state index contributed by atoms with van der Waals surface area (Å²) in [5.41, 5.74) is 3.17. The summed E-state index contributed by atoms with van der Waals surface area (Å²) in [5, 5.41) is 27.6. The van der Waals surface area contributed by atoms with E-state index in [2.05, 4.69) is 34.3 Å². The quantitative estimate of drug-likeness (QED) is 0.789. The minimum atomic E-state index is -0.444. The third-order valence-corrected chi connectivity index (χ3v) is 6.32. The number of rotatable bonds is 5. The zero-order chi connectivity index (χ0) is 19.7. The van der Waals surface area contributed by atoms with Crippen molar-refractivity contribution in [2.24, 2.45) is 0 Å². The summed E-state index contributed by atoms with van der Waals surface area (Å²) >= 11 is 6.28. The van der Waals surface area contributed by atoms with Gasteiger partial charge in [0.05, 0.1) is 43.4 Å². The van der Waals surface area contributed by atoms with Crippen molar-refractivity contribution in [3.63, 3.8) is 0 Å². The van der Waals surface area contributed by atoms with E-state index >= 15 is 0 Å². The molecule has 2 N–H and O–H groups in total. The Labute approximate surface area is 169 Å². The number of hydrogen-bond acceptors (Lipinski definition) is 6. The summed E-state index contributed by atoms with van der Waals surface area (Å²) in [6.45, 7) is 4.21. The number of aliphatic hydroxyl groups excluding tert-OH is 2. The Morgan fingerprint density at radius 3 is 2.93 bits per heavy atom. The molecule has 4 rings (SSSR count). The monoisotopic (exact) mass is 406 g/mol. The van der Waals surface area contributed by atoms with E-state index in [4.69, 9.17) is 16.3 Å². The van der Waals surface area contributed by atoms with Crippen molar-refractivity contribution in [2.75, 3.05) is 26.4 Å². The van der Waals surface area contributed by atoms with E-state index in [0.29, 0.717) is 12.6 Å². The molecule has 1 spiro atoms. The highest BCUT2D eigenvalue weighted by Gasteiger charge is 2.43. The summed E-state index contributed by atoms with van der Waals surface area (Å²) in [5.74, 6) is 0. The molecule has 0 amide bonds. The number of ether oxygens (including phenoxy) is 1. The molecule has 8 heteroatoms. The number of piperidine rings is 1. The Hall–Kier alpha value is -1.51. The van der Waals surface area contributed by atoms with Gasteiger partial charge in [-0.25, -0.2) is 4.68 Å². The van der Waals surface area contributed by atoms with Crippen LogP contribution < -0.4 is 0 Å². The number of halogens is 1. The Morgan fingerprint density at radius 1 is 1.36 bits per heavy atom. The lowest BCUT2D eigenvalue weighted by Gasteiger charge is -2.48. The van der Waals surface area contributed by atoms with Crippen LogP contribution in [0.5, 0.6) is 0 Å². The highest BCUT2D eigenvalue weighted by Crippen LogP contribution is 2.44. The Balaban J connectivity index is 1.48. The fourth-order valence-electron chi connectivity index (χ4n) is 4.49. The van der Waals surface area contributed by atoms with Gasteiger partial charge in [-0.1, -0.05) is 22.9 Å². The molecule has 0 radical (unpaired) electrons. The summed E-state index contributed by atoms with van der Waals surface area (Å²) < 4.78 is 7.88. The summed E-state index contributed by atoms with van der Waals surface area (Å²) in [4.78, 5) is 2.38. The van der Waals surface area contributed by atoms with E-state index in [0.717, 1.165) is 43.1 Å². The Morgan fingerprint density at radius 2 is 2.18 bits per heavy atom. The largest absolute Gasteiger partial charge is 0.394 e. The fourth-order valence-corrected chi connectivity index (χ4v) is 4.66. The maximum absolute atomic E-state index is 9.31. The second kappa shape index (κ2) is 8.08. The number of aliphatic hydroxyl groups is 2. The summed E-state index contributed by atoms with van der Waals surface area (Å²) in [7, 11) is 0. The van der Waals surface area contributed by atoms with Gasteiger partial charge in [-0.05, 0) is 49.4 Å². The van der Waals surface area contributed by atoms with Crippen molar-refractivity contribution in [3.8, 4) is 0 Å². The topological polar surface area (TPSA) is 83.6 Å². The average molecular weight is 407 g/mol. The number of likely N-dealkylation sites (tertiary alicyclic amines) is 1. The highest BCUT2D eigenvalue weighted by molar-refractivity contribution is 6.30. The van der Waals surface area contributed by atoms with E-state index in [1.165, 1.54) is 15.8 Å². The van der Waals surface area contributed by atoms with Gasteiger partial charge in [0.15, 0.2) is 0 Å². The normalized spacial score (nSPS) is 25.4. The van der Waals surface area contributed by atoms with E-state index in [9.17, 15) is 10.2 Å². The molecule has 2 atom stereocenters. The Kier molecular flexibility index (Phi) is 5.71. The van der Waals surface area contributed by atoms with Gasteiger partial charge in [-0.15, -0.1) is 5.10 Å². The molecule has 1 aromatic heterocycles. The van der Waals surface area contributed by atoms with Gasteiger partial charge < -0.3 is 14.9 Å². The standard InChI is InChI=1S/C20H27ClN4O3/c1-14-9-20(19-8-16(21)3-2-15(19)4-7-28-20)5-6-24(14)10-17-11-25(23-22-17)18(12-26)13-27/h2-3,8,11,14,18,26-27H,4-7,9-10,12-13H2,1H3/t14-,20+/m0/s1. The predicted octanol–water partition coefficient (Wildman–Crippen LogP) is 1.91. The smallest absolute Gasteiger partial charge is 0.0997 e. The van der Waals surface area contributed by atoms with E-state index in [1.54, 1.807) is 6.20 Å². The second-order valence-electron chi connectivity index (χ2n) is 7.88. The zero-order valence-corrected chi connectivity index (χ0v) is 16.8. The van der Waals surface area contributed by atoms with Crippen molar-refractivity contribution in [1.82, 2.24) is 19.9 Å². The molecule has 152 valence electrons. The molecular formula is C20H27ClN4O3. The number of benzene rings is 1. The lowest BCUT2D eigenvalue weighted by molar-refractivity contribution is -0.113. The van der Waals surface area contributed by atoms with Crippen molar-refractivity contribution in [1.29, 1.82) is 0 Å². The van der Waals surface area contributed by atoms with Crippen LogP contribution >= 0.6 is 11.6 Å². The summed E-state index contributed by atoms with van der Waals surface area (Å²) in [6.07, 6.45) is 4.56. The molecule has 2 aliphatic heterocycles. The predicted molar refractivity (Wildman–Crippen MR) is 105 cm³/mol. The number of fused-ring (bicyclic) bond motifs is 2. The first kappa shape index (κ1) is 19.8. The van der Waals surface area contributed by atoms with Gasteiger partial charge in [-0.3, -0.25) is 4.90 Å². The van der Waals surface area contributed by atoms with Crippen LogP contribution in [0.25, 0.3) is 0 Å². The second-order valence-corrected chi connectivity index (χ2v) is 8.31. The number of aromatic nitrogens is 3. The van der Waals surface area contributed by atoms with Crippen LogP contribution in [0.4, 0.5) is 0 Å². The van der Waals surface area contributed by atoms with Crippen molar-refractivity contribution < 1.29 is 14.9 Å². The van der Waals surface area contributed by atoms with Crippen molar-refractivity contribution in [3.05, 3.63) is 46.2 Å².